The van der Waals surface area contributed by atoms with E-state index in [1.54, 1.807) is 0 Å². The van der Waals surface area contributed by atoms with E-state index in [9.17, 15) is 5.11 Å². The molecule has 1 N–H and O–H groups in total. The van der Waals surface area contributed by atoms with E-state index in [2.05, 4.69) is 46.2 Å². The zero-order chi connectivity index (χ0) is 12.7. The van der Waals surface area contributed by atoms with E-state index in [0.29, 0.717) is 5.92 Å². The van der Waals surface area contributed by atoms with Gasteiger partial charge in [-0.3, -0.25) is 0 Å². The Morgan fingerprint density at radius 2 is 2.17 bits per heavy atom. The molecule has 0 bridgehead atoms. The molecular weight excluding hydrogens is 292 g/mol. The van der Waals surface area contributed by atoms with Crippen molar-refractivity contribution in [3.8, 4) is 5.69 Å². The quantitative estimate of drug-likeness (QED) is 0.944. The molecule has 94 valence electrons. The Labute approximate surface area is 115 Å². The van der Waals surface area contributed by atoms with Gasteiger partial charge in [-0.25, -0.2) is 4.68 Å². The average molecular weight is 307 g/mol. The summed E-state index contributed by atoms with van der Waals surface area (Å²) >= 11 is 3.55. The number of aromatic nitrogens is 2. The minimum atomic E-state index is -0.000247. The molecular formula is C14H15BrN2O. The average Bonchev–Trinajstić information content (AvgIpc) is 3.12. The second-order valence-corrected chi connectivity index (χ2v) is 5.69. The molecule has 0 aliphatic heterocycles. The number of aliphatic hydroxyl groups excluding tert-OH is 1. The summed E-state index contributed by atoms with van der Waals surface area (Å²) in [6.45, 7) is 2.07. The van der Waals surface area contributed by atoms with Gasteiger partial charge in [0, 0.05) is 16.1 Å². The van der Waals surface area contributed by atoms with Crippen LogP contribution in [0.15, 0.2) is 28.7 Å². The fourth-order valence-electron chi connectivity index (χ4n) is 2.11. The zero-order valence-electron chi connectivity index (χ0n) is 10.2. The van der Waals surface area contributed by atoms with Gasteiger partial charge in [-0.15, -0.1) is 0 Å². The minimum Gasteiger partial charge on any atom is -0.390 e. The van der Waals surface area contributed by atoms with Crippen molar-refractivity contribution in [2.75, 3.05) is 0 Å². The molecule has 1 aliphatic carbocycles. The van der Waals surface area contributed by atoms with E-state index in [-0.39, 0.29) is 6.61 Å². The Hall–Kier alpha value is -1.13. The molecule has 0 radical (unpaired) electrons. The number of nitrogens with zero attached hydrogens (tertiary/aromatic N) is 2. The molecule has 1 aliphatic rings. The molecule has 1 heterocycles. The second kappa shape index (κ2) is 4.52. The van der Waals surface area contributed by atoms with Crippen LogP contribution in [0.2, 0.25) is 0 Å². The highest BCUT2D eigenvalue weighted by Gasteiger charge is 2.28. The highest BCUT2D eigenvalue weighted by Crippen LogP contribution is 2.41. The lowest BCUT2D eigenvalue weighted by atomic mass is 10.2. The summed E-state index contributed by atoms with van der Waals surface area (Å²) in [5, 5.41) is 13.7. The van der Waals surface area contributed by atoms with Crippen LogP contribution in [-0.2, 0) is 6.61 Å². The van der Waals surface area contributed by atoms with Crippen molar-refractivity contribution < 1.29 is 5.11 Å². The standard InChI is InChI=1S/C14H15BrN2O/c1-9-2-5-12(7-13(9)15)17-14(10-3-4-10)6-11(8-18)16-17/h2,5-7,10,18H,3-4,8H2,1H3. The molecule has 3 nitrogen and oxygen atoms in total. The number of aryl methyl sites for hydroxylation is 1. The van der Waals surface area contributed by atoms with Crippen molar-refractivity contribution >= 4 is 15.9 Å². The lowest BCUT2D eigenvalue weighted by molar-refractivity contribution is 0.276. The number of benzene rings is 1. The fourth-order valence-corrected chi connectivity index (χ4v) is 2.48. The van der Waals surface area contributed by atoms with E-state index in [1.807, 2.05) is 10.7 Å². The first-order chi connectivity index (χ1) is 8.69. The summed E-state index contributed by atoms with van der Waals surface area (Å²) in [7, 11) is 0. The molecule has 1 fully saturated rings. The third-order valence-corrected chi connectivity index (χ3v) is 4.20. The first-order valence-corrected chi connectivity index (χ1v) is 6.94. The number of rotatable bonds is 3. The van der Waals surface area contributed by atoms with Crippen LogP contribution < -0.4 is 0 Å². The first kappa shape index (κ1) is 11.9. The normalized spacial score (nSPS) is 15.1. The molecule has 0 saturated heterocycles. The van der Waals surface area contributed by atoms with Gasteiger partial charge in [0.2, 0.25) is 0 Å². The molecule has 18 heavy (non-hydrogen) atoms. The van der Waals surface area contributed by atoms with Gasteiger partial charge in [0.25, 0.3) is 0 Å². The maximum Gasteiger partial charge on any atom is 0.0886 e. The summed E-state index contributed by atoms with van der Waals surface area (Å²) in [5.41, 5.74) is 4.22. The smallest absolute Gasteiger partial charge is 0.0886 e. The van der Waals surface area contributed by atoms with Gasteiger partial charge in [0.15, 0.2) is 0 Å². The SMILES string of the molecule is Cc1ccc(-n2nc(CO)cc2C2CC2)cc1Br. The molecule has 3 rings (SSSR count). The number of hydrogen-bond acceptors (Lipinski definition) is 2. The predicted octanol–water partition coefficient (Wildman–Crippen LogP) is 3.31. The number of halogens is 1. The van der Waals surface area contributed by atoms with Gasteiger partial charge in [-0.05, 0) is 43.5 Å². The first-order valence-electron chi connectivity index (χ1n) is 6.15. The van der Waals surface area contributed by atoms with Gasteiger partial charge in [-0.2, -0.15) is 5.10 Å². The summed E-state index contributed by atoms with van der Waals surface area (Å²) in [5.74, 6) is 0.609. The van der Waals surface area contributed by atoms with Crippen LogP contribution in [0, 0.1) is 6.92 Å². The zero-order valence-corrected chi connectivity index (χ0v) is 11.8. The highest BCUT2D eigenvalue weighted by molar-refractivity contribution is 9.10. The summed E-state index contributed by atoms with van der Waals surface area (Å²) in [4.78, 5) is 0. The minimum absolute atomic E-state index is 0.000247. The number of aliphatic hydroxyl groups is 1. The van der Waals surface area contributed by atoms with Crippen molar-refractivity contribution in [1.82, 2.24) is 9.78 Å². The molecule has 1 aromatic carbocycles. The van der Waals surface area contributed by atoms with Gasteiger partial charge in [-0.1, -0.05) is 22.0 Å². The van der Waals surface area contributed by atoms with Crippen LogP contribution in [0.1, 0.15) is 35.7 Å². The van der Waals surface area contributed by atoms with Crippen LogP contribution in [0.25, 0.3) is 5.69 Å². The van der Waals surface area contributed by atoms with E-state index in [1.165, 1.54) is 24.1 Å². The molecule has 1 saturated carbocycles. The van der Waals surface area contributed by atoms with Gasteiger partial charge >= 0.3 is 0 Å². The monoisotopic (exact) mass is 306 g/mol. The van der Waals surface area contributed by atoms with Crippen molar-refractivity contribution in [2.24, 2.45) is 0 Å². The lowest BCUT2D eigenvalue weighted by Gasteiger charge is -2.08. The topological polar surface area (TPSA) is 38.0 Å². The fraction of sp³-hybridized carbons (Fsp3) is 0.357. The van der Waals surface area contributed by atoms with Crippen LogP contribution in [-0.4, -0.2) is 14.9 Å². The molecule has 0 atom stereocenters. The molecule has 4 heteroatoms. The summed E-state index contributed by atoms with van der Waals surface area (Å²) in [6.07, 6.45) is 2.45. The van der Waals surface area contributed by atoms with Crippen molar-refractivity contribution in [1.29, 1.82) is 0 Å². The Morgan fingerprint density at radius 3 is 2.78 bits per heavy atom. The van der Waals surface area contributed by atoms with Crippen molar-refractivity contribution in [3.05, 3.63) is 45.7 Å². The van der Waals surface area contributed by atoms with E-state index in [4.69, 9.17) is 0 Å². The summed E-state index contributed by atoms with van der Waals surface area (Å²) < 4.78 is 3.05. The molecule has 2 aromatic rings. The van der Waals surface area contributed by atoms with Crippen molar-refractivity contribution in [3.63, 3.8) is 0 Å². The van der Waals surface area contributed by atoms with Crippen molar-refractivity contribution in [2.45, 2.75) is 32.3 Å². The second-order valence-electron chi connectivity index (χ2n) is 4.84. The Balaban J connectivity index is 2.08. The third-order valence-electron chi connectivity index (χ3n) is 3.35. The lowest BCUT2D eigenvalue weighted by Crippen LogP contribution is -2.01. The Bertz CT molecular complexity index is 587. The van der Waals surface area contributed by atoms with Gasteiger partial charge in [0.1, 0.15) is 0 Å². The Kier molecular flexibility index (Phi) is 2.99. The molecule has 0 amide bonds. The van der Waals surface area contributed by atoms with E-state index >= 15 is 0 Å². The Morgan fingerprint density at radius 1 is 1.39 bits per heavy atom. The van der Waals surface area contributed by atoms with Crippen LogP contribution in [0.4, 0.5) is 0 Å². The molecule has 0 unspecified atom stereocenters. The van der Waals surface area contributed by atoms with Crippen LogP contribution in [0.5, 0.6) is 0 Å². The van der Waals surface area contributed by atoms with Crippen LogP contribution in [0.3, 0.4) is 0 Å². The molecule has 0 spiro atoms. The largest absolute Gasteiger partial charge is 0.390 e. The maximum absolute atomic E-state index is 9.24. The maximum atomic E-state index is 9.24. The van der Waals surface area contributed by atoms with E-state index < -0.39 is 0 Å². The van der Waals surface area contributed by atoms with Crippen LogP contribution >= 0.6 is 15.9 Å². The van der Waals surface area contributed by atoms with Gasteiger partial charge in [0.05, 0.1) is 18.0 Å². The number of hydrogen-bond donors (Lipinski definition) is 1. The predicted molar refractivity (Wildman–Crippen MR) is 73.9 cm³/mol. The third kappa shape index (κ3) is 2.10. The highest BCUT2D eigenvalue weighted by atomic mass is 79.9. The molecule has 1 aromatic heterocycles. The van der Waals surface area contributed by atoms with E-state index in [0.717, 1.165) is 15.9 Å². The summed E-state index contributed by atoms with van der Waals surface area (Å²) in [6, 6.07) is 8.25. The van der Waals surface area contributed by atoms with Gasteiger partial charge < -0.3 is 5.11 Å².